The largest absolute Gasteiger partial charge is 0.479 e. The van der Waals surface area contributed by atoms with Crippen LogP contribution in [0.15, 0.2) is 24.3 Å². The van der Waals surface area contributed by atoms with E-state index in [0.29, 0.717) is 18.8 Å². The van der Waals surface area contributed by atoms with Crippen LogP contribution in [0.2, 0.25) is 0 Å². The molecule has 1 N–H and O–H groups in total. The minimum atomic E-state index is -1.04. The standard InChI is InChI=1S/C13H18FNO3/c1-3-15(9-12(13(16)17)18-4-2)11-8-6-5-7-10(11)14/h5-8,12H,3-4,9H2,1-2H3,(H,16,17). The molecule has 1 atom stereocenters. The van der Waals surface area contributed by atoms with Gasteiger partial charge >= 0.3 is 5.97 Å². The van der Waals surface area contributed by atoms with Crippen molar-refractivity contribution in [2.75, 3.05) is 24.6 Å². The molecule has 1 unspecified atom stereocenters. The second-order valence-electron chi connectivity index (χ2n) is 3.77. The number of carbonyl (C=O) groups is 1. The number of ether oxygens (including phenoxy) is 1. The van der Waals surface area contributed by atoms with E-state index in [1.165, 1.54) is 6.07 Å². The van der Waals surface area contributed by atoms with E-state index < -0.39 is 12.1 Å². The zero-order chi connectivity index (χ0) is 13.5. The number of para-hydroxylation sites is 1. The summed E-state index contributed by atoms with van der Waals surface area (Å²) >= 11 is 0. The fourth-order valence-electron chi connectivity index (χ4n) is 1.71. The summed E-state index contributed by atoms with van der Waals surface area (Å²) in [6.07, 6.45) is -0.949. The summed E-state index contributed by atoms with van der Waals surface area (Å²) in [4.78, 5) is 12.7. The fourth-order valence-corrected chi connectivity index (χ4v) is 1.71. The second-order valence-corrected chi connectivity index (χ2v) is 3.77. The zero-order valence-electron chi connectivity index (χ0n) is 10.6. The Hall–Kier alpha value is -1.62. The molecule has 0 aromatic heterocycles. The molecule has 0 amide bonds. The van der Waals surface area contributed by atoms with E-state index in [1.54, 1.807) is 30.0 Å². The monoisotopic (exact) mass is 255 g/mol. The molecule has 0 fully saturated rings. The molecule has 0 saturated carbocycles. The summed E-state index contributed by atoms with van der Waals surface area (Å²) in [6, 6.07) is 6.31. The van der Waals surface area contributed by atoms with E-state index in [1.807, 2.05) is 6.92 Å². The molecule has 100 valence electrons. The maximum atomic E-state index is 13.6. The first-order valence-electron chi connectivity index (χ1n) is 5.94. The zero-order valence-corrected chi connectivity index (χ0v) is 10.6. The van der Waals surface area contributed by atoms with Gasteiger partial charge in [-0.3, -0.25) is 0 Å². The molecule has 0 aliphatic carbocycles. The van der Waals surface area contributed by atoms with Gasteiger partial charge in [0.2, 0.25) is 0 Å². The highest BCUT2D eigenvalue weighted by molar-refractivity contribution is 5.73. The Kier molecular flexibility index (Phi) is 5.58. The maximum absolute atomic E-state index is 13.6. The van der Waals surface area contributed by atoms with Gasteiger partial charge in [0.1, 0.15) is 5.82 Å². The number of likely N-dealkylation sites (N-methyl/N-ethyl adjacent to an activating group) is 1. The lowest BCUT2D eigenvalue weighted by molar-refractivity contribution is -0.149. The number of aliphatic carboxylic acids is 1. The number of halogens is 1. The summed E-state index contributed by atoms with van der Waals surface area (Å²) < 4.78 is 18.8. The van der Waals surface area contributed by atoms with Crippen LogP contribution in [0.5, 0.6) is 0 Å². The van der Waals surface area contributed by atoms with Crippen molar-refractivity contribution in [1.82, 2.24) is 0 Å². The van der Waals surface area contributed by atoms with Crippen LogP contribution in [-0.4, -0.2) is 36.9 Å². The molecule has 1 rings (SSSR count). The number of anilines is 1. The van der Waals surface area contributed by atoms with Gasteiger partial charge in [-0.25, -0.2) is 9.18 Å². The van der Waals surface area contributed by atoms with Gasteiger partial charge in [-0.05, 0) is 26.0 Å². The number of rotatable bonds is 7. The van der Waals surface area contributed by atoms with Crippen molar-refractivity contribution in [2.45, 2.75) is 20.0 Å². The van der Waals surface area contributed by atoms with Crippen LogP contribution in [0.1, 0.15) is 13.8 Å². The molecule has 0 heterocycles. The van der Waals surface area contributed by atoms with E-state index in [9.17, 15) is 9.18 Å². The summed E-state index contributed by atoms with van der Waals surface area (Å²) in [7, 11) is 0. The smallest absolute Gasteiger partial charge is 0.334 e. The van der Waals surface area contributed by atoms with Crippen molar-refractivity contribution >= 4 is 11.7 Å². The third-order valence-electron chi connectivity index (χ3n) is 2.60. The predicted octanol–water partition coefficient (Wildman–Crippen LogP) is 2.14. The molecule has 0 spiro atoms. The molecule has 4 nitrogen and oxygen atoms in total. The van der Waals surface area contributed by atoms with Gasteiger partial charge in [0.05, 0.1) is 12.2 Å². The minimum absolute atomic E-state index is 0.126. The van der Waals surface area contributed by atoms with E-state index in [2.05, 4.69) is 0 Å². The summed E-state index contributed by atoms with van der Waals surface area (Å²) in [5, 5.41) is 9.02. The number of nitrogens with zero attached hydrogens (tertiary/aromatic N) is 1. The molecule has 5 heteroatoms. The highest BCUT2D eigenvalue weighted by Crippen LogP contribution is 2.19. The highest BCUT2D eigenvalue weighted by atomic mass is 19.1. The van der Waals surface area contributed by atoms with Gasteiger partial charge in [0.25, 0.3) is 0 Å². The molecule has 0 aliphatic heterocycles. The fraction of sp³-hybridized carbons (Fsp3) is 0.462. The molecular weight excluding hydrogens is 237 g/mol. The van der Waals surface area contributed by atoms with Crippen LogP contribution in [0, 0.1) is 5.82 Å². The van der Waals surface area contributed by atoms with Crippen molar-refractivity contribution in [2.24, 2.45) is 0 Å². The summed E-state index contributed by atoms with van der Waals surface area (Å²) in [6.45, 7) is 4.52. The maximum Gasteiger partial charge on any atom is 0.334 e. The summed E-state index contributed by atoms with van der Waals surface area (Å²) in [5.74, 6) is -1.40. The first-order valence-corrected chi connectivity index (χ1v) is 5.94. The molecule has 0 bridgehead atoms. The van der Waals surface area contributed by atoms with Gasteiger partial charge < -0.3 is 14.7 Å². The lowest BCUT2D eigenvalue weighted by Gasteiger charge is -2.26. The minimum Gasteiger partial charge on any atom is -0.479 e. The highest BCUT2D eigenvalue weighted by Gasteiger charge is 2.22. The number of benzene rings is 1. The first kappa shape index (κ1) is 14.4. The average Bonchev–Trinajstić information content (AvgIpc) is 2.35. The molecule has 1 aromatic rings. The number of carboxylic acids is 1. The van der Waals surface area contributed by atoms with E-state index in [4.69, 9.17) is 9.84 Å². The van der Waals surface area contributed by atoms with Gasteiger partial charge in [0.15, 0.2) is 6.10 Å². The Morgan fingerprint density at radius 1 is 1.44 bits per heavy atom. The van der Waals surface area contributed by atoms with Crippen LogP contribution >= 0.6 is 0 Å². The lowest BCUT2D eigenvalue weighted by Crippen LogP contribution is -2.39. The number of hydrogen-bond donors (Lipinski definition) is 1. The van der Waals surface area contributed by atoms with E-state index >= 15 is 0 Å². The third-order valence-corrected chi connectivity index (χ3v) is 2.60. The molecule has 0 radical (unpaired) electrons. The second kappa shape index (κ2) is 6.96. The Labute approximate surface area is 106 Å². The van der Waals surface area contributed by atoms with Gasteiger partial charge in [0, 0.05) is 13.2 Å². The van der Waals surface area contributed by atoms with Gasteiger partial charge in [-0.15, -0.1) is 0 Å². The topological polar surface area (TPSA) is 49.8 Å². The Morgan fingerprint density at radius 2 is 2.11 bits per heavy atom. The molecule has 18 heavy (non-hydrogen) atoms. The Morgan fingerprint density at radius 3 is 2.61 bits per heavy atom. The average molecular weight is 255 g/mol. The van der Waals surface area contributed by atoms with Gasteiger partial charge in [-0.1, -0.05) is 12.1 Å². The van der Waals surface area contributed by atoms with Crippen molar-refractivity contribution < 1.29 is 19.0 Å². The van der Waals surface area contributed by atoms with Gasteiger partial charge in [-0.2, -0.15) is 0 Å². The van der Waals surface area contributed by atoms with Crippen LogP contribution < -0.4 is 4.90 Å². The first-order chi connectivity index (χ1) is 8.60. The SMILES string of the molecule is CCOC(CN(CC)c1ccccc1F)C(=O)O. The summed E-state index contributed by atoms with van der Waals surface area (Å²) in [5.41, 5.74) is 0.394. The van der Waals surface area contributed by atoms with Crippen LogP contribution in [0.3, 0.4) is 0 Å². The lowest BCUT2D eigenvalue weighted by atomic mass is 10.2. The molecule has 0 saturated heterocycles. The van der Waals surface area contributed by atoms with Crippen LogP contribution in [0.4, 0.5) is 10.1 Å². The molecule has 0 aliphatic rings. The Bertz CT molecular complexity index is 398. The molecule has 1 aromatic carbocycles. The van der Waals surface area contributed by atoms with Crippen molar-refractivity contribution in [3.05, 3.63) is 30.1 Å². The van der Waals surface area contributed by atoms with Crippen molar-refractivity contribution in [3.63, 3.8) is 0 Å². The van der Waals surface area contributed by atoms with Crippen molar-refractivity contribution in [1.29, 1.82) is 0 Å². The predicted molar refractivity (Wildman–Crippen MR) is 67.3 cm³/mol. The Balaban J connectivity index is 2.84. The van der Waals surface area contributed by atoms with E-state index in [-0.39, 0.29) is 12.4 Å². The normalized spacial score (nSPS) is 12.2. The van der Waals surface area contributed by atoms with Crippen LogP contribution in [-0.2, 0) is 9.53 Å². The number of hydrogen-bond acceptors (Lipinski definition) is 3. The van der Waals surface area contributed by atoms with E-state index in [0.717, 1.165) is 0 Å². The third kappa shape index (κ3) is 3.70. The molecular formula is C13H18FNO3. The van der Waals surface area contributed by atoms with Crippen molar-refractivity contribution in [3.8, 4) is 0 Å². The number of carboxylic acid groups (broad SMARTS) is 1. The quantitative estimate of drug-likeness (QED) is 0.811. The van der Waals surface area contributed by atoms with Crippen LogP contribution in [0.25, 0.3) is 0 Å².